The molecule has 18 heavy (non-hydrogen) atoms. The van der Waals surface area contributed by atoms with E-state index in [0.717, 1.165) is 11.2 Å². The number of halogens is 2. The summed E-state index contributed by atoms with van der Waals surface area (Å²) in [6.45, 7) is 0. The first kappa shape index (κ1) is 12.1. The van der Waals surface area contributed by atoms with Gasteiger partial charge in [-0.05, 0) is 6.07 Å². The van der Waals surface area contributed by atoms with Gasteiger partial charge in [-0.15, -0.1) is 0 Å². The molecule has 0 N–H and O–H groups in total. The number of hydrogen-bond acceptors (Lipinski definition) is 5. The van der Waals surface area contributed by atoms with Crippen LogP contribution in [0.2, 0.25) is 0 Å². The molecule has 2 aromatic heterocycles. The number of anilines is 1. The molecule has 0 unspecified atom stereocenters. The van der Waals surface area contributed by atoms with E-state index in [1.807, 2.05) is 0 Å². The van der Waals surface area contributed by atoms with Gasteiger partial charge < -0.3 is 9.42 Å². The van der Waals surface area contributed by atoms with Crippen molar-refractivity contribution in [3.8, 4) is 0 Å². The number of nitrogens with zero attached hydrogens (tertiary/aromatic N) is 4. The minimum atomic E-state index is -2.87. The van der Waals surface area contributed by atoms with Crippen LogP contribution in [-0.4, -0.2) is 28.3 Å². The van der Waals surface area contributed by atoms with E-state index in [-0.39, 0.29) is 5.56 Å². The monoisotopic (exact) mass is 254 g/mol. The normalized spacial score (nSPS) is 10.7. The summed E-state index contributed by atoms with van der Waals surface area (Å²) >= 11 is 0. The first-order valence-electron chi connectivity index (χ1n) is 4.88. The second kappa shape index (κ2) is 4.86. The zero-order chi connectivity index (χ0) is 13.1. The second-order valence-corrected chi connectivity index (χ2v) is 3.38. The minimum Gasteiger partial charge on any atom is -0.363 e. The molecule has 2 aromatic rings. The van der Waals surface area contributed by atoms with Gasteiger partial charge in [-0.2, -0.15) is 10.2 Å². The van der Waals surface area contributed by atoms with Crippen molar-refractivity contribution in [2.45, 2.75) is 6.43 Å². The lowest BCUT2D eigenvalue weighted by atomic mass is 10.2. The van der Waals surface area contributed by atoms with E-state index in [9.17, 15) is 13.6 Å². The zero-order valence-corrected chi connectivity index (χ0v) is 9.25. The minimum absolute atomic E-state index is 0.274. The largest absolute Gasteiger partial charge is 0.363 e. The van der Waals surface area contributed by atoms with Crippen LogP contribution in [0, 0.1) is 0 Å². The molecule has 1 amide bonds. The highest BCUT2D eigenvalue weighted by Gasteiger charge is 2.25. The average Bonchev–Trinajstić information content (AvgIpc) is 2.87. The van der Waals surface area contributed by atoms with Gasteiger partial charge in [-0.3, -0.25) is 4.79 Å². The van der Waals surface area contributed by atoms with Crippen molar-refractivity contribution in [2.24, 2.45) is 0 Å². The molecule has 0 spiro atoms. The molecule has 0 atom stereocenters. The van der Waals surface area contributed by atoms with Crippen LogP contribution < -0.4 is 4.90 Å². The maximum Gasteiger partial charge on any atom is 0.284 e. The number of aromatic nitrogens is 3. The summed E-state index contributed by atoms with van der Waals surface area (Å²) < 4.78 is 29.6. The Bertz CT molecular complexity index is 544. The predicted octanol–water partition coefficient (Wildman–Crippen LogP) is 1.68. The van der Waals surface area contributed by atoms with Crippen molar-refractivity contribution >= 4 is 11.6 Å². The molecule has 94 valence electrons. The molecule has 2 heterocycles. The van der Waals surface area contributed by atoms with Crippen LogP contribution in [0.25, 0.3) is 0 Å². The fourth-order valence-electron chi connectivity index (χ4n) is 1.34. The molecule has 0 aliphatic carbocycles. The van der Waals surface area contributed by atoms with Gasteiger partial charge in [0.15, 0.2) is 5.69 Å². The Balaban J connectivity index is 2.29. The third-order valence-corrected chi connectivity index (χ3v) is 2.30. The van der Waals surface area contributed by atoms with Gasteiger partial charge in [0.25, 0.3) is 12.3 Å². The summed E-state index contributed by atoms with van der Waals surface area (Å²) in [5.41, 5.74) is -0.519. The molecule has 0 saturated heterocycles. The second-order valence-electron chi connectivity index (χ2n) is 3.38. The quantitative estimate of drug-likeness (QED) is 0.833. The Kier molecular flexibility index (Phi) is 3.26. The molecular formula is C10H8F2N4O2. The molecule has 0 aromatic carbocycles. The predicted molar refractivity (Wildman–Crippen MR) is 56.2 cm³/mol. The Hall–Kier alpha value is -2.38. The van der Waals surface area contributed by atoms with Crippen LogP contribution in [0.3, 0.4) is 0 Å². The van der Waals surface area contributed by atoms with Crippen molar-refractivity contribution in [2.75, 3.05) is 11.9 Å². The van der Waals surface area contributed by atoms with Gasteiger partial charge in [0.2, 0.25) is 0 Å². The summed E-state index contributed by atoms with van der Waals surface area (Å²) in [6.07, 6.45) is 0.759. The SMILES string of the molecule is CN(C(=O)c1conc1C(F)F)c1ccnnc1. The highest BCUT2D eigenvalue weighted by Crippen LogP contribution is 2.23. The van der Waals surface area contributed by atoms with Crippen molar-refractivity contribution in [3.63, 3.8) is 0 Å². The van der Waals surface area contributed by atoms with Gasteiger partial charge in [0.1, 0.15) is 11.8 Å². The number of amides is 1. The van der Waals surface area contributed by atoms with Gasteiger partial charge in [0.05, 0.1) is 18.1 Å². The van der Waals surface area contributed by atoms with Crippen molar-refractivity contribution in [1.82, 2.24) is 15.4 Å². The topological polar surface area (TPSA) is 72.1 Å². The number of alkyl halides is 2. The van der Waals surface area contributed by atoms with E-state index in [0.29, 0.717) is 5.69 Å². The Labute approximate surface area is 100 Å². The summed E-state index contributed by atoms with van der Waals surface area (Å²) in [4.78, 5) is 13.1. The maximum atomic E-state index is 12.6. The summed E-state index contributed by atoms with van der Waals surface area (Å²) in [5, 5.41) is 10.3. The number of rotatable bonds is 3. The van der Waals surface area contributed by atoms with Crippen LogP contribution in [0.5, 0.6) is 0 Å². The molecule has 0 aliphatic rings. The summed E-state index contributed by atoms with van der Waals surface area (Å²) in [7, 11) is 1.43. The lowest BCUT2D eigenvalue weighted by Gasteiger charge is -2.15. The molecule has 0 saturated carbocycles. The number of carbonyl (C=O) groups excluding carboxylic acids is 1. The number of hydrogen-bond donors (Lipinski definition) is 0. The standard InChI is InChI=1S/C10H8F2N4O2/c1-16(6-2-3-13-14-4-6)10(17)7-5-18-15-8(7)9(11)12/h2-5,9H,1H3. The van der Waals surface area contributed by atoms with Gasteiger partial charge in [0, 0.05) is 7.05 Å². The van der Waals surface area contributed by atoms with E-state index < -0.39 is 18.0 Å². The van der Waals surface area contributed by atoms with E-state index >= 15 is 0 Å². The molecule has 0 bridgehead atoms. The van der Waals surface area contributed by atoms with Gasteiger partial charge >= 0.3 is 0 Å². The van der Waals surface area contributed by atoms with Crippen LogP contribution in [0.15, 0.2) is 29.2 Å². The maximum absolute atomic E-state index is 12.6. The first-order chi connectivity index (χ1) is 8.61. The Morgan fingerprint density at radius 3 is 2.83 bits per heavy atom. The molecular weight excluding hydrogens is 246 g/mol. The van der Waals surface area contributed by atoms with Crippen molar-refractivity contribution in [1.29, 1.82) is 0 Å². The van der Waals surface area contributed by atoms with E-state index in [1.165, 1.54) is 25.5 Å². The van der Waals surface area contributed by atoms with Crippen LogP contribution in [0.4, 0.5) is 14.5 Å². The molecule has 8 heteroatoms. The van der Waals surface area contributed by atoms with Crippen LogP contribution in [0.1, 0.15) is 22.5 Å². The van der Waals surface area contributed by atoms with Crippen molar-refractivity contribution < 1.29 is 18.1 Å². The Morgan fingerprint density at radius 2 is 2.22 bits per heavy atom. The lowest BCUT2D eigenvalue weighted by Crippen LogP contribution is -2.27. The van der Waals surface area contributed by atoms with E-state index in [2.05, 4.69) is 19.9 Å². The van der Waals surface area contributed by atoms with E-state index in [4.69, 9.17) is 0 Å². The van der Waals surface area contributed by atoms with Crippen molar-refractivity contribution in [3.05, 3.63) is 36.0 Å². The van der Waals surface area contributed by atoms with E-state index in [1.54, 1.807) is 0 Å². The summed E-state index contributed by atoms with van der Waals surface area (Å²) in [5.74, 6) is -0.653. The molecule has 0 fully saturated rings. The average molecular weight is 254 g/mol. The fraction of sp³-hybridized carbons (Fsp3) is 0.200. The number of carbonyl (C=O) groups is 1. The van der Waals surface area contributed by atoms with Gasteiger partial charge in [-0.1, -0.05) is 5.16 Å². The van der Waals surface area contributed by atoms with Gasteiger partial charge in [-0.25, -0.2) is 8.78 Å². The smallest absolute Gasteiger partial charge is 0.284 e. The highest BCUT2D eigenvalue weighted by molar-refractivity contribution is 6.06. The molecule has 0 radical (unpaired) electrons. The zero-order valence-electron chi connectivity index (χ0n) is 9.25. The van der Waals surface area contributed by atoms with Crippen LogP contribution >= 0.6 is 0 Å². The summed E-state index contributed by atoms with van der Waals surface area (Å²) in [6, 6.07) is 1.53. The third-order valence-electron chi connectivity index (χ3n) is 2.30. The van der Waals surface area contributed by atoms with Crippen LogP contribution in [-0.2, 0) is 0 Å². The highest BCUT2D eigenvalue weighted by atomic mass is 19.3. The first-order valence-corrected chi connectivity index (χ1v) is 4.88. The fourth-order valence-corrected chi connectivity index (χ4v) is 1.34. The Morgan fingerprint density at radius 1 is 1.44 bits per heavy atom. The molecule has 0 aliphatic heterocycles. The lowest BCUT2D eigenvalue weighted by molar-refractivity contribution is 0.0977. The third kappa shape index (κ3) is 2.17. The molecule has 2 rings (SSSR count). The molecule has 6 nitrogen and oxygen atoms in total.